The molecule has 1 amide bonds. The molecule has 0 aromatic carbocycles. The number of amides is 1. The van der Waals surface area contributed by atoms with Gasteiger partial charge in [0.2, 0.25) is 5.91 Å². The zero-order valence-electron chi connectivity index (χ0n) is 15.2. The van der Waals surface area contributed by atoms with Gasteiger partial charge >= 0.3 is 0 Å². The molecular formula is C20H16Cl2FN3O2S. The number of hydrogen-bond acceptors (Lipinski definition) is 4. The van der Waals surface area contributed by atoms with E-state index in [-0.39, 0.29) is 42.2 Å². The van der Waals surface area contributed by atoms with Gasteiger partial charge in [-0.25, -0.2) is 9.37 Å². The van der Waals surface area contributed by atoms with Crippen LogP contribution in [-0.4, -0.2) is 39.1 Å². The molecule has 5 nitrogen and oxygen atoms in total. The Hall–Kier alpha value is -1.96. The number of carbonyl (C=O) groups is 1. The van der Waals surface area contributed by atoms with Crippen molar-refractivity contribution in [1.82, 2.24) is 14.5 Å². The Kier molecular flexibility index (Phi) is 4.46. The Bertz CT molecular complexity index is 1200. The molecule has 3 aromatic rings. The average molecular weight is 452 g/mol. The van der Waals surface area contributed by atoms with Crippen molar-refractivity contribution in [1.29, 1.82) is 0 Å². The number of alkyl halides is 1. The van der Waals surface area contributed by atoms with Crippen molar-refractivity contribution in [2.24, 2.45) is 5.92 Å². The number of halogens is 3. The van der Waals surface area contributed by atoms with Crippen molar-refractivity contribution in [3.8, 4) is 11.1 Å². The van der Waals surface area contributed by atoms with E-state index in [2.05, 4.69) is 4.98 Å². The lowest BCUT2D eigenvalue weighted by Crippen LogP contribution is -2.62. The van der Waals surface area contributed by atoms with E-state index >= 15 is 0 Å². The van der Waals surface area contributed by atoms with Crippen LogP contribution in [0.4, 0.5) is 4.39 Å². The summed E-state index contributed by atoms with van der Waals surface area (Å²) < 4.78 is 16.7. The third-order valence-electron chi connectivity index (χ3n) is 5.68. The molecule has 1 aliphatic heterocycles. The summed E-state index contributed by atoms with van der Waals surface area (Å²) in [6.45, 7) is 0.155. The molecule has 0 bridgehead atoms. The summed E-state index contributed by atoms with van der Waals surface area (Å²) in [7, 11) is 0. The van der Waals surface area contributed by atoms with Gasteiger partial charge in [0, 0.05) is 33.6 Å². The van der Waals surface area contributed by atoms with Gasteiger partial charge in [-0.15, -0.1) is 11.3 Å². The smallest absolute Gasteiger partial charge is 0.260 e. The first-order valence-electron chi connectivity index (χ1n) is 9.24. The normalized spacial score (nSPS) is 18.1. The van der Waals surface area contributed by atoms with Gasteiger partial charge in [0.05, 0.1) is 23.5 Å². The zero-order valence-corrected chi connectivity index (χ0v) is 17.5. The number of pyridine rings is 2. The van der Waals surface area contributed by atoms with Crippen LogP contribution in [0.2, 0.25) is 10.2 Å². The fourth-order valence-corrected chi connectivity index (χ4v) is 5.08. The molecule has 4 heterocycles. The predicted octanol–water partition coefficient (Wildman–Crippen LogP) is 4.39. The summed E-state index contributed by atoms with van der Waals surface area (Å²) in [5.74, 6) is -0.146. The summed E-state index contributed by atoms with van der Waals surface area (Å²) in [6, 6.07) is 3.47. The monoisotopic (exact) mass is 451 g/mol. The Morgan fingerprint density at radius 3 is 2.79 bits per heavy atom. The molecule has 1 saturated heterocycles. The standard InChI is InChI=1S/C20H16Cl2FN3O2S/c21-14-5-11(6-24-18(14)22)13-8-29-15-3-4-25(19(28)17(13)15)7-16(27)26-9-20(23,10-26)12-1-2-12/h3-6,8,12H,1-2,7,9-10H2. The molecule has 29 heavy (non-hydrogen) atoms. The topological polar surface area (TPSA) is 55.2 Å². The summed E-state index contributed by atoms with van der Waals surface area (Å²) in [6.07, 6.45) is 4.98. The number of nitrogens with zero attached hydrogens (tertiary/aromatic N) is 3. The summed E-state index contributed by atoms with van der Waals surface area (Å²) >= 11 is 13.4. The Morgan fingerprint density at radius 2 is 2.10 bits per heavy atom. The predicted molar refractivity (Wildman–Crippen MR) is 112 cm³/mol. The van der Waals surface area contributed by atoms with Gasteiger partial charge in [-0.05, 0) is 30.9 Å². The first-order valence-corrected chi connectivity index (χ1v) is 10.9. The van der Waals surface area contributed by atoms with Crippen LogP contribution >= 0.6 is 34.5 Å². The van der Waals surface area contributed by atoms with Gasteiger partial charge in [-0.1, -0.05) is 23.2 Å². The SMILES string of the molecule is O=C(Cn1ccc2scc(-c3cnc(Cl)c(Cl)c3)c2c1=O)N1CC(F)(C2CC2)C1. The molecule has 5 rings (SSSR count). The number of aromatic nitrogens is 2. The number of fused-ring (bicyclic) bond motifs is 1. The van der Waals surface area contributed by atoms with Crippen LogP contribution in [0.1, 0.15) is 12.8 Å². The van der Waals surface area contributed by atoms with Gasteiger partial charge in [0.1, 0.15) is 17.4 Å². The third kappa shape index (κ3) is 3.25. The molecule has 0 spiro atoms. The molecule has 1 saturated carbocycles. The first kappa shape index (κ1) is 19.0. The van der Waals surface area contributed by atoms with Gasteiger partial charge in [0.15, 0.2) is 0 Å². The number of likely N-dealkylation sites (tertiary alicyclic amines) is 1. The highest BCUT2D eigenvalue weighted by Gasteiger charge is 2.55. The van der Waals surface area contributed by atoms with Crippen LogP contribution in [0.5, 0.6) is 0 Å². The largest absolute Gasteiger partial charge is 0.335 e. The second-order valence-corrected chi connectivity index (χ2v) is 9.37. The van der Waals surface area contributed by atoms with E-state index in [0.29, 0.717) is 21.5 Å². The van der Waals surface area contributed by atoms with Crippen LogP contribution in [-0.2, 0) is 11.3 Å². The molecule has 9 heteroatoms. The molecule has 0 unspecified atom stereocenters. The third-order valence-corrected chi connectivity index (χ3v) is 7.32. The summed E-state index contributed by atoms with van der Waals surface area (Å²) in [4.78, 5) is 31.2. The lowest BCUT2D eigenvalue weighted by molar-refractivity contribution is -0.147. The lowest BCUT2D eigenvalue weighted by atomic mass is 9.91. The van der Waals surface area contributed by atoms with E-state index in [0.717, 1.165) is 17.5 Å². The molecule has 1 aliphatic carbocycles. The maximum atomic E-state index is 14.5. The van der Waals surface area contributed by atoms with Crippen molar-refractivity contribution in [3.05, 3.63) is 50.4 Å². The molecule has 3 aromatic heterocycles. The Labute approximate surface area is 179 Å². The van der Waals surface area contributed by atoms with Gasteiger partial charge in [-0.3, -0.25) is 9.59 Å². The highest BCUT2D eigenvalue weighted by atomic mass is 35.5. The zero-order chi connectivity index (χ0) is 20.3. The molecular weight excluding hydrogens is 436 g/mol. The van der Waals surface area contributed by atoms with Gasteiger partial charge in [0.25, 0.3) is 5.56 Å². The van der Waals surface area contributed by atoms with E-state index in [4.69, 9.17) is 23.2 Å². The molecule has 0 atom stereocenters. The molecule has 2 fully saturated rings. The first-order chi connectivity index (χ1) is 13.9. The second kappa shape index (κ2) is 6.79. The maximum Gasteiger partial charge on any atom is 0.260 e. The van der Waals surface area contributed by atoms with Crippen LogP contribution in [0.15, 0.2) is 34.7 Å². The van der Waals surface area contributed by atoms with Gasteiger partial charge in [-0.2, -0.15) is 0 Å². The molecule has 2 aliphatic rings. The minimum Gasteiger partial charge on any atom is -0.335 e. The molecule has 0 radical (unpaired) electrons. The van der Waals surface area contributed by atoms with Gasteiger partial charge < -0.3 is 9.47 Å². The number of hydrogen-bond donors (Lipinski definition) is 0. The molecule has 0 N–H and O–H groups in total. The van der Waals surface area contributed by atoms with Crippen LogP contribution in [0.25, 0.3) is 21.2 Å². The number of carbonyl (C=O) groups excluding carboxylic acids is 1. The van der Waals surface area contributed by atoms with Crippen molar-refractivity contribution in [3.63, 3.8) is 0 Å². The van der Waals surface area contributed by atoms with Crippen molar-refractivity contribution < 1.29 is 9.18 Å². The second-order valence-electron chi connectivity index (χ2n) is 7.69. The number of rotatable bonds is 4. The van der Waals surface area contributed by atoms with E-state index in [1.54, 1.807) is 18.5 Å². The summed E-state index contributed by atoms with van der Waals surface area (Å²) in [5, 5.41) is 2.87. The fourth-order valence-electron chi connectivity index (χ4n) is 3.86. The van der Waals surface area contributed by atoms with Crippen LogP contribution < -0.4 is 5.56 Å². The average Bonchev–Trinajstić information content (AvgIpc) is 3.43. The van der Waals surface area contributed by atoms with Crippen LogP contribution in [0, 0.1) is 5.92 Å². The Balaban J connectivity index is 1.43. The quantitative estimate of drug-likeness (QED) is 0.552. The molecule has 150 valence electrons. The van der Waals surface area contributed by atoms with E-state index in [1.165, 1.54) is 20.8 Å². The van der Waals surface area contributed by atoms with Crippen molar-refractivity contribution in [2.75, 3.05) is 13.1 Å². The highest BCUT2D eigenvalue weighted by molar-refractivity contribution is 7.17. The highest BCUT2D eigenvalue weighted by Crippen LogP contribution is 2.47. The Morgan fingerprint density at radius 1 is 1.34 bits per heavy atom. The maximum absolute atomic E-state index is 14.5. The number of thiophene rings is 1. The lowest BCUT2D eigenvalue weighted by Gasteiger charge is -2.45. The van der Waals surface area contributed by atoms with E-state index in [1.807, 2.05) is 11.4 Å². The van der Waals surface area contributed by atoms with E-state index < -0.39 is 5.67 Å². The van der Waals surface area contributed by atoms with Crippen molar-refractivity contribution in [2.45, 2.75) is 25.1 Å². The van der Waals surface area contributed by atoms with Crippen LogP contribution in [0.3, 0.4) is 0 Å². The van der Waals surface area contributed by atoms with Crippen molar-refractivity contribution >= 4 is 50.5 Å². The minimum atomic E-state index is -1.23. The summed E-state index contributed by atoms with van der Waals surface area (Å²) in [5.41, 5.74) is -0.122. The minimum absolute atomic E-state index is 0.0961. The fraction of sp³-hybridized carbons (Fsp3) is 0.350. The van der Waals surface area contributed by atoms with E-state index in [9.17, 15) is 14.0 Å².